The van der Waals surface area contributed by atoms with E-state index in [0.29, 0.717) is 12.1 Å². The predicted molar refractivity (Wildman–Crippen MR) is 173 cm³/mol. The van der Waals surface area contributed by atoms with Crippen LogP contribution in [-0.2, 0) is 31.1 Å². The molecule has 2 aromatic carbocycles. The number of anilines is 1. The van der Waals surface area contributed by atoms with E-state index in [1.54, 1.807) is 6.07 Å². The molecule has 2 aliphatic heterocycles. The largest absolute Gasteiger partial charge is 0.344 e. The highest BCUT2D eigenvalue weighted by Gasteiger charge is 2.44. The predicted octanol–water partition coefficient (Wildman–Crippen LogP) is 6.27. The minimum atomic E-state index is -4.40. The smallest absolute Gasteiger partial charge is 0.294 e. The van der Waals surface area contributed by atoms with Crippen LogP contribution in [0.2, 0.25) is 0 Å². The highest BCUT2D eigenvalue weighted by atomic mass is 32.2. The van der Waals surface area contributed by atoms with Gasteiger partial charge in [-0.25, -0.2) is 0 Å². The quantitative estimate of drug-likeness (QED) is 0.182. The Morgan fingerprint density at radius 1 is 0.860 bits per heavy atom. The van der Waals surface area contributed by atoms with E-state index in [2.05, 4.69) is 56.5 Å². The van der Waals surface area contributed by atoms with Crippen molar-refractivity contribution >= 4 is 37.3 Å². The van der Waals surface area contributed by atoms with E-state index >= 15 is 0 Å². The Hall–Kier alpha value is -3.31. The molecule has 43 heavy (non-hydrogen) atoms. The van der Waals surface area contributed by atoms with Crippen molar-refractivity contribution in [3.05, 3.63) is 101 Å². The van der Waals surface area contributed by atoms with Crippen molar-refractivity contribution in [3.8, 4) is 0 Å². The summed E-state index contributed by atoms with van der Waals surface area (Å²) in [7, 11) is -8.52. The van der Waals surface area contributed by atoms with E-state index in [0.717, 1.165) is 17.9 Å². The number of hydrogen-bond acceptors (Lipinski definition) is 5. The zero-order valence-corrected chi connectivity index (χ0v) is 27.2. The van der Waals surface area contributed by atoms with Gasteiger partial charge in [0, 0.05) is 41.1 Å². The molecule has 0 saturated heterocycles. The number of aryl methyl sites for hydroxylation is 1. The lowest BCUT2D eigenvalue weighted by molar-refractivity contribution is -0.433. The maximum Gasteiger partial charge on any atom is 0.294 e. The van der Waals surface area contributed by atoms with Gasteiger partial charge in [0.1, 0.15) is 6.54 Å². The lowest BCUT2D eigenvalue weighted by Crippen LogP contribution is -2.28. The molecule has 0 aliphatic carbocycles. The molecule has 0 bridgehead atoms. The van der Waals surface area contributed by atoms with Gasteiger partial charge in [-0.1, -0.05) is 55.9 Å². The van der Waals surface area contributed by atoms with Gasteiger partial charge in [-0.2, -0.15) is 21.4 Å². The topological polar surface area (TPSA) is 115 Å². The molecule has 2 heterocycles. The number of benzene rings is 2. The molecule has 0 fully saturated rings. The molecule has 0 amide bonds. The first kappa shape index (κ1) is 32.6. The van der Waals surface area contributed by atoms with E-state index < -0.39 is 31.4 Å². The van der Waals surface area contributed by atoms with Crippen molar-refractivity contribution in [2.45, 2.75) is 63.7 Å². The molecule has 2 aromatic rings. The first-order chi connectivity index (χ1) is 20.0. The fourth-order valence-electron chi connectivity index (χ4n) is 6.08. The lowest BCUT2D eigenvalue weighted by Gasteiger charge is -2.27. The summed E-state index contributed by atoms with van der Waals surface area (Å²) < 4.78 is 67.5. The molecular weight excluding hydrogens is 585 g/mol. The summed E-state index contributed by atoms with van der Waals surface area (Å²) in [6.07, 6.45) is 14.0. The molecule has 8 nitrogen and oxygen atoms in total. The molecule has 0 radical (unpaired) electrons. The van der Waals surface area contributed by atoms with Crippen molar-refractivity contribution in [2.24, 2.45) is 0 Å². The number of nitrogens with zero attached hydrogens (tertiary/aromatic N) is 2. The van der Waals surface area contributed by atoms with Crippen LogP contribution in [0.5, 0.6) is 0 Å². The van der Waals surface area contributed by atoms with Crippen LogP contribution in [0, 0.1) is 6.92 Å². The van der Waals surface area contributed by atoms with Crippen molar-refractivity contribution in [1.29, 1.82) is 0 Å². The Kier molecular flexibility index (Phi) is 9.09. The summed E-state index contributed by atoms with van der Waals surface area (Å²) in [5.41, 5.74) is 6.56. The fraction of sp³-hybridized carbons (Fsp3) is 0.364. The van der Waals surface area contributed by atoms with E-state index in [1.807, 2.05) is 55.2 Å². The van der Waals surface area contributed by atoms with E-state index in [9.17, 15) is 25.9 Å². The van der Waals surface area contributed by atoms with Gasteiger partial charge < -0.3 is 4.90 Å². The van der Waals surface area contributed by atoms with Crippen molar-refractivity contribution in [2.75, 3.05) is 23.7 Å². The van der Waals surface area contributed by atoms with E-state index in [1.165, 1.54) is 34.7 Å². The summed E-state index contributed by atoms with van der Waals surface area (Å²) in [6, 6.07) is 11.0. The number of allylic oxidation sites excluding steroid dienone is 8. The summed E-state index contributed by atoms with van der Waals surface area (Å²) in [6.45, 7) is 13.8. The maximum atomic E-state index is 11.8. The molecular formula is C33H41N2O6S2+. The third-order valence-corrected chi connectivity index (χ3v) is 9.92. The summed E-state index contributed by atoms with van der Waals surface area (Å²) in [4.78, 5) is 1.73. The van der Waals surface area contributed by atoms with Gasteiger partial charge in [-0.05, 0) is 70.0 Å². The molecule has 0 unspecified atom stereocenters. The summed E-state index contributed by atoms with van der Waals surface area (Å²) >= 11 is 0. The molecule has 2 N–H and O–H groups in total. The Labute approximate surface area is 256 Å². The molecule has 230 valence electrons. The molecule has 2 aliphatic rings. The number of fused-ring (bicyclic) bond motifs is 2. The second-order valence-corrected chi connectivity index (χ2v) is 15.0. The van der Waals surface area contributed by atoms with Gasteiger partial charge >= 0.3 is 0 Å². The van der Waals surface area contributed by atoms with Gasteiger partial charge in [0.05, 0.1) is 16.1 Å². The third-order valence-electron chi connectivity index (χ3n) is 8.26. The average Bonchev–Trinajstić information content (AvgIpc) is 3.25. The van der Waals surface area contributed by atoms with E-state index in [4.69, 9.17) is 0 Å². The van der Waals surface area contributed by atoms with Crippen LogP contribution in [0.3, 0.4) is 0 Å². The average molecular weight is 626 g/mol. The first-order valence-corrected chi connectivity index (χ1v) is 17.4. The molecule has 10 heteroatoms. The number of rotatable bonds is 10. The molecule has 4 rings (SSSR count). The molecule has 0 atom stereocenters. The van der Waals surface area contributed by atoms with Crippen LogP contribution in [0.4, 0.5) is 11.4 Å². The van der Waals surface area contributed by atoms with Gasteiger partial charge in [0.2, 0.25) is 5.69 Å². The van der Waals surface area contributed by atoms with Crippen molar-refractivity contribution in [1.82, 2.24) is 0 Å². The fourth-order valence-corrected chi connectivity index (χ4v) is 7.08. The minimum absolute atomic E-state index is 0.112. The van der Waals surface area contributed by atoms with E-state index in [-0.39, 0.29) is 16.7 Å². The number of hydrogen-bond donors (Lipinski definition) is 2. The zero-order valence-electron chi connectivity index (χ0n) is 25.6. The SMILES string of the molecule is CC[N+]1=C(/C=C/C=C/C=C/C=C2/N(CCCS(=O)(=O)O)c3ccc(S(=O)(=O)O)cc3C2(C)C)C(C)(C)c2cc(C)ccc21. The molecule has 0 spiro atoms. The van der Waals surface area contributed by atoms with Crippen LogP contribution in [-0.4, -0.2) is 55.1 Å². The van der Waals surface area contributed by atoms with Crippen LogP contribution < -0.4 is 4.90 Å². The molecule has 0 saturated carbocycles. The van der Waals surface area contributed by atoms with Gasteiger partial charge in [-0.3, -0.25) is 9.11 Å². The Bertz CT molecular complexity index is 1790. The second kappa shape index (κ2) is 12.0. The van der Waals surface area contributed by atoms with Crippen LogP contribution in [0.15, 0.2) is 89.5 Å². The standard InChI is InChI=1S/C33H40N2O6S2/c1-7-34-28-18-16-24(2)22-26(28)32(3,4)30(34)14-11-9-8-10-12-15-31-33(5,6)27-23-25(43(39,40)41)17-19-29(27)35(31)20-13-21-42(36,37)38/h8-12,14-19,22-23H,7,13,20-21H2,1-6H3,(H-,36,37,38,39,40,41)/p+1. The maximum absolute atomic E-state index is 11.8. The monoisotopic (exact) mass is 625 g/mol. The zero-order chi connectivity index (χ0) is 31.8. The summed E-state index contributed by atoms with van der Waals surface area (Å²) in [5.74, 6) is -0.392. The van der Waals surface area contributed by atoms with Crippen LogP contribution >= 0.6 is 0 Å². The van der Waals surface area contributed by atoms with Crippen molar-refractivity contribution < 1.29 is 30.5 Å². The summed E-state index contributed by atoms with van der Waals surface area (Å²) in [5, 5.41) is 0. The normalized spacial score (nSPS) is 19.0. The molecule has 0 aromatic heterocycles. The van der Waals surface area contributed by atoms with Crippen molar-refractivity contribution in [3.63, 3.8) is 0 Å². The third kappa shape index (κ3) is 6.77. The minimum Gasteiger partial charge on any atom is -0.344 e. The van der Waals surface area contributed by atoms with Gasteiger partial charge in [-0.15, -0.1) is 0 Å². The highest BCUT2D eigenvalue weighted by molar-refractivity contribution is 7.86. The van der Waals surface area contributed by atoms with Gasteiger partial charge in [0.25, 0.3) is 20.2 Å². The highest BCUT2D eigenvalue weighted by Crippen LogP contribution is 2.48. The first-order valence-electron chi connectivity index (χ1n) is 14.3. The Morgan fingerprint density at radius 2 is 1.53 bits per heavy atom. The Morgan fingerprint density at radius 3 is 2.19 bits per heavy atom. The van der Waals surface area contributed by atoms with Crippen LogP contribution in [0.25, 0.3) is 0 Å². The van der Waals surface area contributed by atoms with Gasteiger partial charge in [0.15, 0.2) is 5.71 Å². The lowest BCUT2D eigenvalue weighted by atomic mass is 9.81. The Balaban J connectivity index is 1.58. The van der Waals surface area contributed by atoms with Crippen LogP contribution in [0.1, 0.15) is 57.7 Å². The second-order valence-electron chi connectivity index (χ2n) is 12.0.